The monoisotopic (exact) mass is 462 g/mol. The number of alkyl halides is 3. The largest absolute Gasteiger partial charge is 0.472 e. The Hall–Kier alpha value is -3.04. The van der Waals surface area contributed by atoms with Crippen molar-refractivity contribution in [1.29, 1.82) is 0 Å². The van der Waals surface area contributed by atoms with Gasteiger partial charge < -0.3 is 14.6 Å². The van der Waals surface area contributed by atoms with Gasteiger partial charge in [-0.2, -0.15) is 13.2 Å². The quantitative estimate of drug-likeness (QED) is 0.619. The molecule has 1 N–H and O–H groups in total. The van der Waals surface area contributed by atoms with Crippen LogP contribution < -0.4 is 5.32 Å². The third kappa shape index (κ3) is 3.61. The maximum Gasteiger partial charge on any atom is 0.420 e. The number of hydrogen-bond acceptors (Lipinski definition) is 4. The first kappa shape index (κ1) is 20.8. The maximum atomic E-state index is 13.8. The van der Waals surface area contributed by atoms with E-state index in [1.54, 1.807) is 11.0 Å². The number of carbonyl (C=O) groups excluding carboxylic acids is 1. The number of pyridine rings is 1. The zero-order valence-electron chi connectivity index (χ0n) is 16.7. The average molecular weight is 463 g/mol. The number of hydrogen-bond donors (Lipinski definition) is 1. The number of imidazole rings is 1. The van der Waals surface area contributed by atoms with Crippen LogP contribution in [0.15, 0.2) is 58.6 Å². The maximum absolute atomic E-state index is 13.8. The summed E-state index contributed by atoms with van der Waals surface area (Å²) < 4.78 is 47.5. The van der Waals surface area contributed by atoms with Crippen LogP contribution in [0, 0.1) is 0 Å². The number of furan rings is 1. The van der Waals surface area contributed by atoms with E-state index in [9.17, 15) is 18.0 Å². The fraction of sp³-hybridized carbons (Fsp3) is 0.273. The summed E-state index contributed by atoms with van der Waals surface area (Å²) in [5, 5.41) is 3.09. The van der Waals surface area contributed by atoms with E-state index >= 15 is 0 Å². The van der Waals surface area contributed by atoms with E-state index in [2.05, 4.69) is 16.4 Å². The Morgan fingerprint density at radius 2 is 2.06 bits per heavy atom. The first-order valence-electron chi connectivity index (χ1n) is 10.0. The number of nitrogens with one attached hydrogen (secondary N) is 1. The summed E-state index contributed by atoms with van der Waals surface area (Å²) in [6, 6.07) is 2.53. The van der Waals surface area contributed by atoms with Gasteiger partial charge in [-0.05, 0) is 29.7 Å². The second-order valence-electron chi connectivity index (χ2n) is 7.69. The Kier molecular flexibility index (Phi) is 5.10. The van der Waals surface area contributed by atoms with Crippen LogP contribution in [-0.4, -0.2) is 46.4 Å². The van der Waals surface area contributed by atoms with Crippen molar-refractivity contribution in [3.05, 3.63) is 70.6 Å². The minimum Gasteiger partial charge on any atom is -0.472 e. The van der Waals surface area contributed by atoms with Crippen LogP contribution in [0.4, 0.5) is 13.2 Å². The number of amides is 1. The summed E-state index contributed by atoms with van der Waals surface area (Å²) >= 11 is 6.39. The highest BCUT2D eigenvalue weighted by molar-refractivity contribution is 6.33. The van der Waals surface area contributed by atoms with E-state index in [1.165, 1.54) is 29.9 Å². The summed E-state index contributed by atoms with van der Waals surface area (Å²) in [7, 11) is 0. The van der Waals surface area contributed by atoms with Crippen molar-refractivity contribution in [2.75, 3.05) is 26.2 Å². The molecular weight excluding hydrogens is 445 g/mol. The fourth-order valence-corrected chi connectivity index (χ4v) is 4.31. The predicted molar refractivity (Wildman–Crippen MR) is 112 cm³/mol. The average Bonchev–Trinajstić information content (AvgIpc) is 3.54. The number of rotatable bonds is 3. The Bertz CT molecular complexity index is 1260. The second kappa shape index (κ2) is 7.83. The van der Waals surface area contributed by atoms with Crippen LogP contribution in [-0.2, 0) is 6.18 Å². The summed E-state index contributed by atoms with van der Waals surface area (Å²) in [6.07, 6.45) is 4.22. The molecule has 3 aromatic heterocycles. The van der Waals surface area contributed by atoms with Gasteiger partial charge in [0.25, 0.3) is 5.91 Å². The van der Waals surface area contributed by atoms with Gasteiger partial charge in [0, 0.05) is 43.5 Å². The molecule has 2 aliphatic heterocycles. The first-order chi connectivity index (χ1) is 15.3. The number of aromatic nitrogens is 2. The lowest BCUT2D eigenvalue weighted by Crippen LogP contribution is -2.35. The number of halogens is 4. The van der Waals surface area contributed by atoms with Crippen molar-refractivity contribution < 1.29 is 22.4 Å². The van der Waals surface area contributed by atoms with Crippen molar-refractivity contribution >= 4 is 23.2 Å². The molecule has 0 unspecified atom stereocenters. The molecular formula is C22H18ClF3N4O2. The fourth-order valence-electron chi connectivity index (χ4n) is 4.06. The molecule has 0 bridgehead atoms. The van der Waals surface area contributed by atoms with Crippen LogP contribution in [0.2, 0.25) is 5.15 Å². The number of fused-ring (bicyclic) bond motifs is 1. The zero-order valence-corrected chi connectivity index (χ0v) is 17.5. The van der Waals surface area contributed by atoms with E-state index in [1.807, 2.05) is 6.08 Å². The minimum atomic E-state index is -4.68. The van der Waals surface area contributed by atoms with Crippen molar-refractivity contribution in [2.45, 2.75) is 12.6 Å². The molecule has 2 aliphatic rings. The summed E-state index contributed by atoms with van der Waals surface area (Å²) in [4.78, 5) is 18.7. The van der Waals surface area contributed by atoms with Crippen molar-refractivity contribution in [1.82, 2.24) is 19.6 Å². The van der Waals surface area contributed by atoms with Gasteiger partial charge in [0.1, 0.15) is 5.15 Å². The molecule has 0 radical (unpaired) electrons. The SMILES string of the molecule is O=C(c1nc2c(C(F)(F)F)cc(-c3ccoc3)cn2c1Cl)N1CC=C(C2=CCNC2)CC1. The molecule has 5 heterocycles. The third-order valence-corrected chi connectivity index (χ3v) is 6.10. The van der Waals surface area contributed by atoms with Crippen molar-refractivity contribution in [3.63, 3.8) is 0 Å². The van der Waals surface area contributed by atoms with E-state index in [4.69, 9.17) is 16.0 Å². The standard InChI is InChI=1S/C22H18ClF3N4O2/c23-19-18(21(31)29-6-2-13(3-7-29)14-1-5-27-10-14)28-20-17(22(24,25)26)9-16(11-30(19)20)15-4-8-32-12-15/h1-2,4,8-9,11-12,27H,3,5-7,10H2. The zero-order chi connectivity index (χ0) is 22.5. The molecule has 0 saturated carbocycles. The molecule has 10 heteroatoms. The summed E-state index contributed by atoms with van der Waals surface area (Å²) in [6.45, 7) is 2.42. The summed E-state index contributed by atoms with van der Waals surface area (Å²) in [5.41, 5.74) is 1.54. The van der Waals surface area contributed by atoms with Gasteiger partial charge in [-0.1, -0.05) is 23.8 Å². The lowest BCUT2D eigenvalue weighted by atomic mass is 10.00. The van der Waals surface area contributed by atoms with Crippen LogP contribution in [0.5, 0.6) is 0 Å². The van der Waals surface area contributed by atoms with Crippen molar-refractivity contribution in [2.24, 2.45) is 0 Å². The van der Waals surface area contributed by atoms with Gasteiger partial charge in [-0.15, -0.1) is 0 Å². The minimum absolute atomic E-state index is 0.154. The molecule has 166 valence electrons. The highest BCUT2D eigenvalue weighted by Crippen LogP contribution is 2.37. The molecule has 3 aromatic rings. The first-order valence-corrected chi connectivity index (χ1v) is 10.4. The molecule has 0 atom stereocenters. The number of nitrogens with zero attached hydrogens (tertiary/aromatic N) is 3. The van der Waals surface area contributed by atoms with Gasteiger partial charge >= 0.3 is 6.18 Å². The Balaban J connectivity index is 1.52. The van der Waals surface area contributed by atoms with E-state index in [0.717, 1.165) is 23.6 Å². The molecule has 5 rings (SSSR count). The molecule has 0 spiro atoms. The molecule has 0 aliphatic carbocycles. The van der Waals surface area contributed by atoms with Crippen LogP contribution in [0.3, 0.4) is 0 Å². The van der Waals surface area contributed by atoms with Gasteiger partial charge in [0.15, 0.2) is 11.3 Å². The molecule has 32 heavy (non-hydrogen) atoms. The molecule has 1 amide bonds. The van der Waals surface area contributed by atoms with E-state index in [0.29, 0.717) is 25.1 Å². The Labute approximate surface area is 186 Å². The topological polar surface area (TPSA) is 62.8 Å². The van der Waals surface area contributed by atoms with Crippen LogP contribution in [0.1, 0.15) is 22.5 Å². The smallest absolute Gasteiger partial charge is 0.420 e. The normalized spacial score (nSPS) is 17.1. The highest BCUT2D eigenvalue weighted by atomic mass is 35.5. The molecule has 6 nitrogen and oxygen atoms in total. The Morgan fingerprint density at radius 1 is 1.22 bits per heavy atom. The molecule has 0 fully saturated rings. The summed E-state index contributed by atoms with van der Waals surface area (Å²) in [5.74, 6) is -0.495. The van der Waals surface area contributed by atoms with E-state index in [-0.39, 0.29) is 16.4 Å². The van der Waals surface area contributed by atoms with Crippen LogP contribution >= 0.6 is 11.6 Å². The van der Waals surface area contributed by atoms with Gasteiger partial charge in [-0.3, -0.25) is 9.20 Å². The van der Waals surface area contributed by atoms with Gasteiger partial charge in [0.05, 0.1) is 18.1 Å². The molecule has 0 aromatic carbocycles. The Morgan fingerprint density at radius 3 is 2.69 bits per heavy atom. The lowest BCUT2D eigenvalue weighted by molar-refractivity contribution is -0.136. The number of carbonyl (C=O) groups is 1. The lowest BCUT2D eigenvalue weighted by Gasteiger charge is -2.26. The second-order valence-corrected chi connectivity index (χ2v) is 8.05. The third-order valence-electron chi connectivity index (χ3n) is 5.74. The predicted octanol–water partition coefficient (Wildman–Crippen LogP) is 4.57. The van der Waals surface area contributed by atoms with E-state index < -0.39 is 23.3 Å². The highest BCUT2D eigenvalue weighted by Gasteiger charge is 2.36. The molecule has 0 saturated heterocycles. The van der Waals surface area contributed by atoms with Crippen LogP contribution in [0.25, 0.3) is 16.8 Å². The van der Waals surface area contributed by atoms with Gasteiger partial charge in [-0.25, -0.2) is 4.98 Å². The van der Waals surface area contributed by atoms with Gasteiger partial charge in [0.2, 0.25) is 0 Å². The van der Waals surface area contributed by atoms with Crippen molar-refractivity contribution in [3.8, 4) is 11.1 Å².